The van der Waals surface area contributed by atoms with Crippen molar-refractivity contribution in [3.05, 3.63) is 46.7 Å². The SMILES string of the molecule is COC(=O)c1cscc1NS(=O)(=O)c1ccccc1. The van der Waals surface area contributed by atoms with Crippen LogP contribution in [0, 0.1) is 0 Å². The monoisotopic (exact) mass is 297 g/mol. The van der Waals surface area contributed by atoms with Gasteiger partial charge in [0.15, 0.2) is 0 Å². The lowest BCUT2D eigenvalue weighted by molar-refractivity contribution is 0.0602. The summed E-state index contributed by atoms with van der Waals surface area (Å²) in [7, 11) is -2.45. The van der Waals surface area contributed by atoms with E-state index in [1.54, 1.807) is 23.6 Å². The lowest BCUT2D eigenvalue weighted by Crippen LogP contribution is -2.14. The van der Waals surface area contributed by atoms with E-state index in [2.05, 4.69) is 9.46 Å². The molecule has 0 spiro atoms. The van der Waals surface area contributed by atoms with Crippen LogP contribution in [0.25, 0.3) is 0 Å². The van der Waals surface area contributed by atoms with Gasteiger partial charge in [0.05, 0.1) is 23.3 Å². The van der Waals surface area contributed by atoms with E-state index in [9.17, 15) is 13.2 Å². The highest BCUT2D eigenvalue weighted by Gasteiger charge is 2.19. The maximum atomic E-state index is 12.1. The quantitative estimate of drug-likeness (QED) is 0.879. The number of carbonyl (C=O) groups excluding carboxylic acids is 1. The number of sulfonamides is 1. The first-order chi connectivity index (χ1) is 9.04. The van der Waals surface area contributed by atoms with Crippen molar-refractivity contribution in [3.63, 3.8) is 0 Å². The van der Waals surface area contributed by atoms with Gasteiger partial charge in [0.1, 0.15) is 0 Å². The van der Waals surface area contributed by atoms with Crippen molar-refractivity contribution in [3.8, 4) is 0 Å². The maximum Gasteiger partial charge on any atom is 0.340 e. The predicted molar refractivity (Wildman–Crippen MR) is 72.9 cm³/mol. The number of carbonyl (C=O) groups is 1. The third-order valence-electron chi connectivity index (χ3n) is 2.37. The fourth-order valence-electron chi connectivity index (χ4n) is 1.45. The summed E-state index contributed by atoms with van der Waals surface area (Å²) in [6.45, 7) is 0. The van der Waals surface area contributed by atoms with Crippen molar-refractivity contribution in [2.24, 2.45) is 0 Å². The van der Waals surface area contributed by atoms with E-state index in [0.717, 1.165) is 0 Å². The molecule has 19 heavy (non-hydrogen) atoms. The topological polar surface area (TPSA) is 72.5 Å². The Balaban J connectivity index is 2.32. The molecule has 0 fully saturated rings. The number of methoxy groups -OCH3 is 1. The molecule has 1 N–H and O–H groups in total. The Labute approximate surface area is 114 Å². The molecule has 1 aromatic carbocycles. The molecule has 0 aliphatic rings. The second kappa shape index (κ2) is 5.41. The summed E-state index contributed by atoms with van der Waals surface area (Å²) in [6, 6.07) is 7.94. The summed E-state index contributed by atoms with van der Waals surface area (Å²) in [4.78, 5) is 11.6. The molecular weight excluding hydrogens is 286 g/mol. The van der Waals surface area contributed by atoms with Crippen LogP contribution in [-0.2, 0) is 14.8 Å². The summed E-state index contributed by atoms with van der Waals surface area (Å²) >= 11 is 1.22. The Kier molecular flexibility index (Phi) is 3.87. The van der Waals surface area contributed by atoms with E-state index in [4.69, 9.17) is 0 Å². The van der Waals surface area contributed by atoms with Gasteiger partial charge in [-0.1, -0.05) is 18.2 Å². The molecule has 0 atom stereocenters. The Morgan fingerprint density at radius 2 is 1.89 bits per heavy atom. The number of rotatable bonds is 4. The molecule has 100 valence electrons. The smallest absolute Gasteiger partial charge is 0.340 e. The first-order valence-corrected chi connectivity index (χ1v) is 7.69. The molecule has 0 aliphatic carbocycles. The number of esters is 1. The molecule has 0 radical (unpaired) electrons. The van der Waals surface area contributed by atoms with Crippen molar-refractivity contribution in [2.75, 3.05) is 11.8 Å². The average molecular weight is 297 g/mol. The Morgan fingerprint density at radius 3 is 2.53 bits per heavy atom. The van der Waals surface area contributed by atoms with Crippen LogP contribution in [0.2, 0.25) is 0 Å². The van der Waals surface area contributed by atoms with Gasteiger partial charge in [-0.15, -0.1) is 11.3 Å². The predicted octanol–water partition coefficient (Wildman–Crippen LogP) is 2.34. The van der Waals surface area contributed by atoms with Crippen molar-refractivity contribution in [1.29, 1.82) is 0 Å². The minimum Gasteiger partial charge on any atom is -0.465 e. The molecule has 2 aromatic rings. The minimum atomic E-state index is -3.70. The Bertz CT molecular complexity index is 677. The lowest BCUT2D eigenvalue weighted by Gasteiger charge is -2.08. The number of hydrogen-bond acceptors (Lipinski definition) is 5. The van der Waals surface area contributed by atoms with Crippen LogP contribution < -0.4 is 4.72 Å². The third kappa shape index (κ3) is 2.94. The molecule has 7 heteroatoms. The largest absolute Gasteiger partial charge is 0.465 e. The van der Waals surface area contributed by atoms with Gasteiger partial charge in [0.2, 0.25) is 0 Å². The van der Waals surface area contributed by atoms with E-state index in [1.807, 2.05) is 0 Å². The second-order valence-corrected chi connectivity index (χ2v) is 6.04. The molecule has 0 bridgehead atoms. The number of anilines is 1. The summed E-state index contributed by atoms with van der Waals surface area (Å²) < 4.78 is 31.2. The standard InChI is InChI=1S/C12H11NO4S2/c1-17-12(14)10-7-18-8-11(10)13-19(15,16)9-5-3-2-4-6-9/h2-8,13H,1H3. The van der Waals surface area contributed by atoms with E-state index >= 15 is 0 Å². The molecular formula is C12H11NO4S2. The number of benzene rings is 1. The summed E-state index contributed by atoms with van der Waals surface area (Å²) in [5.74, 6) is -0.577. The van der Waals surface area contributed by atoms with E-state index in [1.165, 1.54) is 36.0 Å². The third-order valence-corrected chi connectivity index (χ3v) is 4.49. The van der Waals surface area contributed by atoms with Gasteiger partial charge in [0, 0.05) is 10.8 Å². The number of thiophene rings is 1. The highest BCUT2D eigenvalue weighted by molar-refractivity contribution is 7.92. The second-order valence-electron chi connectivity index (χ2n) is 3.61. The van der Waals surface area contributed by atoms with Gasteiger partial charge in [0.25, 0.3) is 10.0 Å². The fraction of sp³-hybridized carbons (Fsp3) is 0.0833. The molecule has 1 heterocycles. The van der Waals surface area contributed by atoms with Gasteiger partial charge in [-0.05, 0) is 12.1 Å². The molecule has 5 nitrogen and oxygen atoms in total. The van der Waals surface area contributed by atoms with Gasteiger partial charge in [-0.25, -0.2) is 13.2 Å². The zero-order valence-electron chi connectivity index (χ0n) is 9.99. The number of ether oxygens (including phenoxy) is 1. The minimum absolute atomic E-state index is 0.136. The zero-order chi connectivity index (χ0) is 13.9. The van der Waals surface area contributed by atoms with Gasteiger partial charge in [-0.2, -0.15) is 0 Å². The lowest BCUT2D eigenvalue weighted by atomic mass is 10.3. The van der Waals surface area contributed by atoms with Crippen molar-refractivity contribution >= 4 is 33.0 Å². The maximum absolute atomic E-state index is 12.1. The molecule has 0 saturated heterocycles. The fourth-order valence-corrected chi connectivity index (χ4v) is 3.36. The Morgan fingerprint density at radius 1 is 1.21 bits per heavy atom. The summed E-state index contributed by atoms with van der Waals surface area (Å²) in [5.41, 5.74) is 0.424. The summed E-state index contributed by atoms with van der Waals surface area (Å²) in [6.07, 6.45) is 0. The van der Waals surface area contributed by atoms with Crippen LogP contribution >= 0.6 is 11.3 Å². The molecule has 0 aliphatic heterocycles. The van der Waals surface area contributed by atoms with Crippen molar-refractivity contribution in [1.82, 2.24) is 0 Å². The van der Waals surface area contributed by atoms with Gasteiger partial charge < -0.3 is 4.74 Å². The van der Waals surface area contributed by atoms with E-state index < -0.39 is 16.0 Å². The van der Waals surface area contributed by atoms with Crippen LogP contribution in [0.15, 0.2) is 46.0 Å². The van der Waals surface area contributed by atoms with Crippen LogP contribution in [-0.4, -0.2) is 21.5 Å². The van der Waals surface area contributed by atoms with E-state index in [-0.39, 0.29) is 16.1 Å². The van der Waals surface area contributed by atoms with Crippen LogP contribution in [0.1, 0.15) is 10.4 Å². The average Bonchev–Trinajstić information content (AvgIpc) is 2.86. The summed E-state index contributed by atoms with van der Waals surface area (Å²) in [5, 5.41) is 3.08. The van der Waals surface area contributed by atoms with Crippen LogP contribution in [0.4, 0.5) is 5.69 Å². The molecule has 0 saturated carbocycles. The number of hydrogen-bond donors (Lipinski definition) is 1. The highest BCUT2D eigenvalue weighted by Crippen LogP contribution is 2.24. The van der Waals surface area contributed by atoms with Gasteiger partial charge in [-0.3, -0.25) is 4.72 Å². The normalized spacial score (nSPS) is 11.0. The van der Waals surface area contributed by atoms with Crippen molar-refractivity contribution in [2.45, 2.75) is 4.90 Å². The molecule has 2 rings (SSSR count). The first-order valence-electron chi connectivity index (χ1n) is 5.27. The Hall–Kier alpha value is -1.86. The first kappa shape index (κ1) is 13.6. The molecule has 1 aromatic heterocycles. The molecule has 0 unspecified atom stereocenters. The van der Waals surface area contributed by atoms with E-state index in [0.29, 0.717) is 0 Å². The number of nitrogens with one attached hydrogen (secondary N) is 1. The van der Waals surface area contributed by atoms with Crippen LogP contribution in [0.5, 0.6) is 0 Å². The van der Waals surface area contributed by atoms with Gasteiger partial charge >= 0.3 is 5.97 Å². The van der Waals surface area contributed by atoms with Crippen LogP contribution in [0.3, 0.4) is 0 Å². The van der Waals surface area contributed by atoms with Crippen molar-refractivity contribution < 1.29 is 17.9 Å². The molecule has 0 amide bonds. The highest BCUT2D eigenvalue weighted by atomic mass is 32.2. The zero-order valence-corrected chi connectivity index (χ0v) is 11.6.